The van der Waals surface area contributed by atoms with E-state index in [2.05, 4.69) is 4.90 Å². The summed E-state index contributed by atoms with van der Waals surface area (Å²) < 4.78 is 30.4. The molecular formula is C15H24N2O5S. The number of ether oxygens (including phenoxy) is 1. The van der Waals surface area contributed by atoms with Crippen molar-refractivity contribution in [2.75, 3.05) is 39.2 Å². The average Bonchev–Trinajstić information content (AvgIpc) is 2.50. The van der Waals surface area contributed by atoms with Gasteiger partial charge in [-0.05, 0) is 31.3 Å². The minimum absolute atomic E-state index is 0.0940. The second-order valence-corrected chi connectivity index (χ2v) is 7.05. The highest BCUT2D eigenvalue weighted by Gasteiger charge is 2.18. The minimum Gasteiger partial charge on any atom is -0.478 e. The maximum atomic E-state index is 11.9. The van der Waals surface area contributed by atoms with Crippen LogP contribution in [0.1, 0.15) is 24.2 Å². The summed E-state index contributed by atoms with van der Waals surface area (Å²) >= 11 is 0. The van der Waals surface area contributed by atoms with Crippen molar-refractivity contribution in [1.82, 2.24) is 9.21 Å². The summed E-state index contributed by atoms with van der Waals surface area (Å²) in [7, 11) is -3.41. The zero-order valence-corrected chi connectivity index (χ0v) is 14.5. The van der Waals surface area contributed by atoms with Gasteiger partial charge in [-0.3, -0.25) is 0 Å². The lowest BCUT2D eigenvalue weighted by molar-refractivity contribution is 0.0696. The quantitative estimate of drug-likeness (QED) is 0.644. The number of hydrogen-bond donors (Lipinski definition) is 1. The zero-order chi connectivity index (χ0) is 17.5. The molecule has 0 saturated heterocycles. The molecule has 0 fully saturated rings. The SMILES string of the molecule is CCN(CC)CCN(COc1cccc(C(=O)O)c1)S(C)(=O)=O. The third kappa shape index (κ3) is 6.55. The molecule has 0 aliphatic heterocycles. The van der Waals surface area contributed by atoms with Gasteiger partial charge in [-0.2, -0.15) is 4.31 Å². The first kappa shape index (κ1) is 19.4. The Bertz CT molecular complexity index is 614. The predicted molar refractivity (Wildman–Crippen MR) is 88.2 cm³/mol. The van der Waals surface area contributed by atoms with E-state index in [9.17, 15) is 13.2 Å². The molecule has 1 rings (SSSR count). The van der Waals surface area contributed by atoms with Crippen LogP contribution in [0.2, 0.25) is 0 Å². The molecule has 23 heavy (non-hydrogen) atoms. The highest BCUT2D eigenvalue weighted by Crippen LogP contribution is 2.14. The number of aromatic carboxylic acids is 1. The van der Waals surface area contributed by atoms with Crippen LogP contribution in [0.5, 0.6) is 5.75 Å². The summed E-state index contributed by atoms with van der Waals surface area (Å²) in [6.07, 6.45) is 1.13. The van der Waals surface area contributed by atoms with Crippen molar-refractivity contribution in [3.8, 4) is 5.75 Å². The van der Waals surface area contributed by atoms with Gasteiger partial charge >= 0.3 is 5.97 Å². The molecule has 0 unspecified atom stereocenters. The number of rotatable bonds is 10. The first-order valence-corrected chi connectivity index (χ1v) is 9.26. The van der Waals surface area contributed by atoms with Crippen LogP contribution in [0, 0.1) is 0 Å². The first-order chi connectivity index (χ1) is 10.8. The molecule has 0 aliphatic carbocycles. The van der Waals surface area contributed by atoms with E-state index in [1.54, 1.807) is 12.1 Å². The van der Waals surface area contributed by atoms with Crippen LogP contribution in [-0.4, -0.2) is 67.9 Å². The van der Waals surface area contributed by atoms with Gasteiger partial charge in [-0.1, -0.05) is 19.9 Å². The van der Waals surface area contributed by atoms with Gasteiger partial charge in [-0.15, -0.1) is 0 Å². The van der Waals surface area contributed by atoms with Crippen molar-refractivity contribution < 1.29 is 23.1 Å². The van der Waals surface area contributed by atoms with Crippen molar-refractivity contribution in [3.05, 3.63) is 29.8 Å². The normalized spacial score (nSPS) is 11.9. The fourth-order valence-electron chi connectivity index (χ4n) is 1.98. The number of carboxylic acids is 1. The molecule has 0 radical (unpaired) electrons. The molecule has 8 heteroatoms. The first-order valence-electron chi connectivity index (χ1n) is 7.41. The number of nitrogens with zero attached hydrogens (tertiary/aromatic N) is 2. The number of likely N-dealkylation sites (N-methyl/N-ethyl adjacent to an activating group) is 1. The molecule has 0 aromatic heterocycles. The van der Waals surface area contributed by atoms with Crippen molar-refractivity contribution in [3.63, 3.8) is 0 Å². The van der Waals surface area contributed by atoms with Crippen LogP contribution in [0.25, 0.3) is 0 Å². The second kappa shape index (κ2) is 8.85. The molecule has 7 nitrogen and oxygen atoms in total. The molecule has 0 atom stereocenters. The lowest BCUT2D eigenvalue weighted by Crippen LogP contribution is -2.40. The molecule has 1 aromatic rings. The van der Waals surface area contributed by atoms with Gasteiger partial charge in [-0.25, -0.2) is 13.2 Å². The fraction of sp³-hybridized carbons (Fsp3) is 0.533. The van der Waals surface area contributed by atoms with E-state index in [1.807, 2.05) is 13.8 Å². The van der Waals surface area contributed by atoms with Gasteiger partial charge in [0.15, 0.2) is 6.73 Å². The summed E-state index contributed by atoms with van der Waals surface area (Å²) in [5.74, 6) is -0.738. The van der Waals surface area contributed by atoms with E-state index >= 15 is 0 Å². The maximum Gasteiger partial charge on any atom is 0.335 e. The number of hydrogen-bond acceptors (Lipinski definition) is 5. The topological polar surface area (TPSA) is 87.2 Å². The Labute approximate surface area is 137 Å². The van der Waals surface area contributed by atoms with Crippen molar-refractivity contribution in [2.45, 2.75) is 13.8 Å². The van der Waals surface area contributed by atoms with Gasteiger partial charge in [0, 0.05) is 13.1 Å². The number of sulfonamides is 1. The standard InChI is InChI=1S/C15H24N2O5S/c1-4-16(5-2)9-10-17(23(3,20)21)12-22-14-8-6-7-13(11-14)15(18)19/h6-8,11H,4-5,9-10,12H2,1-3H3,(H,18,19). The van der Waals surface area contributed by atoms with Gasteiger partial charge in [0.25, 0.3) is 0 Å². The van der Waals surface area contributed by atoms with Crippen LogP contribution in [0.3, 0.4) is 0 Å². The Morgan fingerprint density at radius 2 is 1.87 bits per heavy atom. The Hall–Kier alpha value is -1.64. The van der Waals surface area contributed by atoms with Crippen LogP contribution in [0.4, 0.5) is 0 Å². The van der Waals surface area contributed by atoms with Crippen molar-refractivity contribution in [1.29, 1.82) is 0 Å². The molecule has 1 aromatic carbocycles. The largest absolute Gasteiger partial charge is 0.478 e. The summed E-state index contributed by atoms with van der Waals surface area (Å²) in [5.41, 5.74) is 0.0940. The number of carboxylic acid groups (broad SMARTS) is 1. The van der Waals surface area contributed by atoms with Gasteiger partial charge in [0.05, 0.1) is 11.8 Å². The van der Waals surface area contributed by atoms with E-state index in [-0.39, 0.29) is 12.3 Å². The number of carbonyl (C=O) groups is 1. The molecule has 0 spiro atoms. The molecule has 130 valence electrons. The Kier molecular flexibility index (Phi) is 7.47. The van der Waals surface area contributed by atoms with E-state index in [0.717, 1.165) is 19.3 Å². The van der Waals surface area contributed by atoms with Crippen LogP contribution in [0.15, 0.2) is 24.3 Å². The smallest absolute Gasteiger partial charge is 0.335 e. The molecular weight excluding hydrogens is 320 g/mol. The summed E-state index contributed by atoms with van der Waals surface area (Å²) in [6, 6.07) is 5.97. The van der Waals surface area contributed by atoms with Gasteiger partial charge in [0.2, 0.25) is 10.0 Å². The monoisotopic (exact) mass is 344 g/mol. The van der Waals surface area contributed by atoms with E-state index in [1.165, 1.54) is 16.4 Å². The van der Waals surface area contributed by atoms with Crippen molar-refractivity contribution >= 4 is 16.0 Å². The van der Waals surface area contributed by atoms with Crippen LogP contribution in [-0.2, 0) is 10.0 Å². The third-order valence-corrected chi connectivity index (χ3v) is 4.71. The van der Waals surface area contributed by atoms with Crippen molar-refractivity contribution in [2.24, 2.45) is 0 Å². The molecule has 0 saturated carbocycles. The number of benzene rings is 1. The highest BCUT2D eigenvalue weighted by molar-refractivity contribution is 7.88. The fourth-order valence-corrected chi connectivity index (χ4v) is 2.64. The zero-order valence-electron chi connectivity index (χ0n) is 13.7. The Morgan fingerprint density at radius 3 is 2.39 bits per heavy atom. The highest BCUT2D eigenvalue weighted by atomic mass is 32.2. The van der Waals surface area contributed by atoms with Crippen LogP contribution >= 0.6 is 0 Å². The maximum absolute atomic E-state index is 11.9. The van der Waals surface area contributed by atoms with E-state index < -0.39 is 16.0 Å². The molecule has 0 aliphatic rings. The lowest BCUT2D eigenvalue weighted by atomic mass is 10.2. The molecule has 0 heterocycles. The van der Waals surface area contributed by atoms with Gasteiger partial charge in [0.1, 0.15) is 5.75 Å². The average molecular weight is 344 g/mol. The van der Waals surface area contributed by atoms with E-state index in [0.29, 0.717) is 18.8 Å². The summed E-state index contributed by atoms with van der Waals surface area (Å²) in [4.78, 5) is 13.0. The van der Waals surface area contributed by atoms with E-state index in [4.69, 9.17) is 9.84 Å². The minimum atomic E-state index is -3.41. The third-order valence-electron chi connectivity index (χ3n) is 3.49. The van der Waals surface area contributed by atoms with Crippen LogP contribution < -0.4 is 4.74 Å². The summed E-state index contributed by atoms with van der Waals surface area (Å²) in [6.45, 7) is 6.50. The molecule has 1 N–H and O–H groups in total. The summed E-state index contributed by atoms with van der Waals surface area (Å²) in [5, 5.41) is 8.95. The molecule has 0 bridgehead atoms. The Morgan fingerprint density at radius 1 is 1.22 bits per heavy atom. The molecule has 0 amide bonds. The predicted octanol–water partition coefficient (Wildman–Crippen LogP) is 1.32. The second-order valence-electron chi connectivity index (χ2n) is 5.07. The Balaban J connectivity index is 2.71. The lowest BCUT2D eigenvalue weighted by Gasteiger charge is -2.24. The van der Waals surface area contributed by atoms with Gasteiger partial charge < -0.3 is 14.7 Å².